The van der Waals surface area contributed by atoms with Gasteiger partial charge in [-0.25, -0.2) is 4.79 Å². The van der Waals surface area contributed by atoms with Gasteiger partial charge in [0.15, 0.2) is 5.34 Å². The Labute approximate surface area is 84.6 Å². The van der Waals surface area contributed by atoms with E-state index >= 15 is 0 Å². The number of hydrogen-bond acceptors (Lipinski definition) is 5. The van der Waals surface area contributed by atoms with Crippen LogP contribution < -0.4 is 0 Å². The lowest BCUT2D eigenvalue weighted by molar-refractivity contribution is 0.0508. The molecule has 0 bridgehead atoms. The molecule has 2 aromatic rings. The number of pyridine rings is 1. The van der Waals surface area contributed by atoms with Gasteiger partial charge in [0.05, 0.1) is 11.1 Å². The van der Waals surface area contributed by atoms with E-state index in [1.807, 2.05) is 24.3 Å². The van der Waals surface area contributed by atoms with E-state index in [1.165, 1.54) is 6.20 Å². The van der Waals surface area contributed by atoms with Crippen molar-refractivity contribution in [2.75, 3.05) is 0 Å². The summed E-state index contributed by atoms with van der Waals surface area (Å²) in [5.41, 5.74) is 0.974. The number of hydrogen-bond donors (Lipinski definition) is 0. The number of fused-ring (bicyclic) bond motifs is 1. The van der Waals surface area contributed by atoms with Crippen LogP contribution in [0.15, 0.2) is 41.9 Å². The number of carbonyl (C=O) groups is 1. The first-order valence-electron chi connectivity index (χ1n) is 4.20. The van der Waals surface area contributed by atoms with Crippen LogP contribution in [0.3, 0.4) is 0 Å². The zero-order valence-electron chi connectivity index (χ0n) is 7.58. The van der Waals surface area contributed by atoms with E-state index in [0.29, 0.717) is 0 Å². The summed E-state index contributed by atoms with van der Waals surface area (Å²) in [6.07, 6.45) is 1.34. The topological polar surface area (TPSA) is 68.6 Å². The van der Waals surface area contributed by atoms with Crippen LogP contribution >= 0.6 is 0 Å². The van der Waals surface area contributed by atoms with Gasteiger partial charge in [-0.15, -0.1) is 4.91 Å². The van der Waals surface area contributed by atoms with Crippen LogP contribution in [-0.4, -0.2) is 11.0 Å². The van der Waals surface area contributed by atoms with Crippen molar-refractivity contribution in [3.63, 3.8) is 0 Å². The molecule has 0 aliphatic rings. The number of benzene rings is 1. The first kappa shape index (κ1) is 9.26. The minimum atomic E-state index is -0.803. The summed E-state index contributed by atoms with van der Waals surface area (Å²) < 4.78 is 0. The Morgan fingerprint density at radius 2 is 2.13 bits per heavy atom. The maximum atomic E-state index is 11.1. The second-order valence-corrected chi connectivity index (χ2v) is 2.87. The monoisotopic (exact) mass is 202 g/mol. The molecule has 0 amide bonds. The Bertz CT molecular complexity index is 525. The van der Waals surface area contributed by atoms with Gasteiger partial charge >= 0.3 is 5.97 Å². The van der Waals surface area contributed by atoms with Crippen molar-refractivity contribution in [2.24, 2.45) is 5.34 Å². The summed E-state index contributed by atoms with van der Waals surface area (Å²) >= 11 is 0. The molecule has 0 saturated heterocycles. The Balaban J connectivity index is 2.46. The smallest absolute Gasteiger partial charge is 0.279 e. The second-order valence-electron chi connectivity index (χ2n) is 2.87. The molecule has 5 nitrogen and oxygen atoms in total. The number of carbonyl (C=O) groups excluding carboxylic acids is 1. The van der Waals surface area contributed by atoms with Crippen LogP contribution in [0.4, 0.5) is 0 Å². The highest BCUT2D eigenvalue weighted by molar-refractivity contribution is 5.93. The van der Waals surface area contributed by atoms with Crippen molar-refractivity contribution in [2.45, 2.75) is 0 Å². The largest absolute Gasteiger partial charge is 0.370 e. The van der Waals surface area contributed by atoms with Gasteiger partial charge in [-0.05, 0) is 12.1 Å². The molecule has 0 N–H and O–H groups in total. The Kier molecular flexibility index (Phi) is 2.37. The predicted octanol–water partition coefficient (Wildman–Crippen LogP) is 2.07. The van der Waals surface area contributed by atoms with Crippen molar-refractivity contribution in [3.8, 4) is 0 Å². The predicted molar refractivity (Wildman–Crippen MR) is 53.0 cm³/mol. The maximum Gasteiger partial charge on any atom is 0.370 e. The number of aromatic nitrogens is 1. The zero-order chi connectivity index (χ0) is 10.7. The van der Waals surface area contributed by atoms with Gasteiger partial charge in [0, 0.05) is 11.6 Å². The average Bonchev–Trinajstić information content (AvgIpc) is 2.29. The van der Waals surface area contributed by atoms with E-state index in [4.69, 9.17) is 0 Å². The molecule has 0 aliphatic carbocycles. The summed E-state index contributed by atoms with van der Waals surface area (Å²) in [6, 6.07) is 8.91. The van der Waals surface area contributed by atoms with Crippen LogP contribution in [0.5, 0.6) is 0 Å². The normalized spacial score (nSPS) is 9.87. The van der Waals surface area contributed by atoms with Crippen LogP contribution in [0.1, 0.15) is 10.4 Å². The molecule has 0 aliphatic heterocycles. The van der Waals surface area contributed by atoms with Gasteiger partial charge in [0.1, 0.15) is 0 Å². The molecule has 0 saturated carbocycles. The number of nitrogens with zero attached hydrogens (tertiary/aromatic N) is 2. The maximum absolute atomic E-state index is 11.1. The highest BCUT2D eigenvalue weighted by Gasteiger charge is 2.08. The standard InChI is InChI=1S/C10H6N2O3/c13-10(15-12-14)8-5-7-3-1-2-4-9(7)11-6-8/h1-6H. The summed E-state index contributed by atoms with van der Waals surface area (Å²) in [7, 11) is 0. The second kappa shape index (κ2) is 3.83. The zero-order valence-corrected chi connectivity index (χ0v) is 7.58. The molecule has 2 rings (SSSR count). The molecule has 1 aromatic carbocycles. The van der Waals surface area contributed by atoms with E-state index in [0.717, 1.165) is 10.9 Å². The molecule has 74 valence electrons. The van der Waals surface area contributed by atoms with Gasteiger partial charge in [-0.2, -0.15) is 0 Å². The molecule has 0 unspecified atom stereocenters. The summed E-state index contributed by atoms with van der Waals surface area (Å²) in [5.74, 6) is -0.803. The molecule has 5 heteroatoms. The van der Waals surface area contributed by atoms with Gasteiger partial charge in [0.25, 0.3) is 0 Å². The molecule has 0 radical (unpaired) electrons. The van der Waals surface area contributed by atoms with E-state index in [2.05, 4.69) is 15.2 Å². The molecule has 0 fully saturated rings. The fraction of sp³-hybridized carbons (Fsp3) is 0. The quantitative estimate of drug-likeness (QED) is 0.552. The summed E-state index contributed by atoms with van der Waals surface area (Å²) in [5, 5.41) is 2.87. The lowest BCUT2D eigenvalue weighted by Gasteiger charge is -1.98. The molecule has 0 spiro atoms. The van der Waals surface area contributed by atoms with Crippen molar-refractivity contribution in [1.29, 1.82) is 0 Å². The minimum Gasteiger partial charge on any atom is -0.279 e. The third kappa shape index (κ3) is 1.80. The van der Waals surface area contributed by atoms with Crippen molar-refractivity contribution in [3.05, 3.63) is 47.0 Å². The third-order valence-corrected chi connectivity index (χ3v) is 1.95. The summed E-state index contributed by atoms with van der Waals surface area (Å²) in [4.78, 5) is 28.9. The first-order chi connectivity index (χ1) is 7.31. The van der Waals surface area contributed by atoms with Crippen LogP contribution in [-0.2, 0) is 4.84 Å². The molecular formula is C10H6N2O3. The third-order valence-electron chi connectivity index (χ3n) is 1.95. The molecule has 0 atom stereocenters. The van der Waals surface area contributed by atoms with Crippen LogP contribution in [0.2, 0.25) is 0 Å². The van der Waals surface area contributed by atoms with Crippen molar-refractivity contribution in [1.82, 2.24) is 4.98 Å². The summed E-state index contributed by atoms with van der Waals surface area (Å²) in [6.45, 7) is 0. The van der Waals surface area contributed by atoms with Gasteiger partial charge in [-0.3, -0.25) is 9.82 Å². The van der Waals surface area contributed by atoms with Gasteiger partial charge in [0.2, 0.25) is 0 Å². The fourth-order valence-electron chi connectivity index (χ4n) is 1.27. The minimum absolute atomic E-state index is 0.202. The van der Waals surface area contributed by atoms with E-state index in [9.17, 15) is 9.70 Å². The molecule has 1 aromatic heterocycles. The first-order valence-corrected chi connectivity index (χ1v) is 4.20. The van der Waals surface area contributed by atoms with Gasteiger partial charge < -0.3 is 0 Å². The van der Waals surface area contributed by atoms with E-state index < -0.39 is 5.97 Å². The number of para-hydroxylation sites is 1. The average molecular weight is 202 g/mol. The Morgan fingerprint density at radius 1 is 1.33 bits per heavy atom. The number of rotatable bonds is 2. The van der Waals surface area contributed by atoms with E-state index in [1.54, 1.807) is 6.07 Å². The Morgan fingerprint density at radius 3 is 2.93 bits per heavy atom. The Hall–Kier alpha value is -2.30. The lowest BCUT2D eigenvalue weighted by Crippen LogP contribution is -2.00. The van der Waals surface area contributed by atoms with E-state index in [-0.39, 0.29) is 5.56 Å². The highest BCUT2D eigenvalue weighted by Crippen LogP contribution is 2.13. The van der Waals surface area contributed by atoms with Crippen molar-refractivity contribution >= 4 is 16.9 Å². The highest BCUT2D eigenvalue weighted by atomic mass is 16.7. The molecular weight excluding hydrogens is 196 g/mol. The fourth-order valence-corrected chi connectivity index (χ4v) is 1.27. The molecule has 1 heterocycles. The lowest BCUT2D eigenvalue weighted by atomic mass is 10.2. The van der Waals surface area contributed by atoms with Crippen LogP contribution in [0, 0.1) is 4.91 Å². The van der Waals surface area contributed by atoms with Gasteiger partial charge in [-0.1, -0.05) is 18.2 Å². The van der Waals surface area contributed by atoms with Crippen LogP contribution in [0.25, 0.3) is 10.9 Å². The van der Waals surface area contributed by atoms with Crippen molar-refractivity contribution < 1.29 is 9.63 Å². The molecule has 15 heavy (non-hydrogen) atoms. The SMILES string of the molecule is O=NOC(=O)c1cnc2ccccc2c1.